The number of carbonyl (C=O) groups is 1. The predicted molar refractivity (Wildman–Crippen MR) is 69.6 cm³/mol. The molecular weight excluding hydrogens is 286 g/mol. The van der Waals surface area contributed by atoms with Crippen molar-refractivity contribution in [2.45, 2.75) is 12.8 Å². The van der Waals surface area contributed by atoms with Gasteiger partial charge in [0.15, 0.2) is 0 Å². The Morgan fingerprint density at radius 1 is 1.38 bits per heavy atom. The molecular formula is C14H12F2O5. The first kappa shape index (κ1) is 15.0. The predicted octanol–water partition coefficient (Wildman–Crippen LogP) is 2.46. The monoisotopic (exact) mass is 298 g/mol. The number of esters is 1. The second-order valence-corrected chi connectivity index (χ2v) is 4.14. The lowest BCUT2D eigenvalue weighted by molar-refractivity contribution is -0.173. The van der Waals surface area contributed by atoms with Crippen LogP contribution in [-0.4, -0.2) is 19.7 Å². The molecule has 21 heavy (non-hydrogen) atoms. The van der Waals surface area contributed by atoms with Crippen molar-refractivity contribution in [2.24, 2.45) is 0 Å². The van der Waals surface area contributed by atoms with E-state index in [0.29, 0.717) is 12.0 Å². The highest BCUT2D eigenvalue weighted by Gasteiger charge is 2.45. The van der Waals surface area contributed by atoms with E-state index in [2.05, 4.69) is 4.74 Å². The van der Waals surface area contributed by atoms with Crippen molar-refractivity contribution in [1.29, 1.82) is 0 Å². The molecule has 2 rings (SSSR count). The molecule has 0 aliphatic heterocycles. The summed E-state index contributed by atoms with van der Waals surface area (Å²) in [7, 11) is 1.42. The van der Waals surface area contributed by atoms with E-state index in [1.165, 1.54) is 32.2 Å². The van der Waals surface area contributed by atoms with Gasteiger partial charge in [-0.15, -0.1) is 0 Å². The van der Waals surface area contributed by atoms with Gasteiger partial charge in [0.05, 0.1) is 19.1 Å². The number of hydrogen-bond donors (Lipinski definition) is 0. The Balaban J connectivity index is 2.59. The number of benzene rings is 1. The van der Waals surface area contributed by atoms with Crippen molar-refractivity contribution in [1.82, 2.24) is 0 Å². The molecule has 0 radical (unpaired) electrons. The maximum atomic E-state index is 13.9. The average molecular weight is 298 g/mol. The van der Waals surface area contributed by atoms with Crippen molar-refractivity contribution >= 4 is 16.9 Å². The SMILES string of the molecule is CCOC(=O)C(F)(F)c1coc2cc(OC)ccc2c1=O. The molecule has 0 spiro atoms. The lowest BCUT2D eigenvalue weighted by atomic mass is 10.1. The van der Waals surface area contributed by atoms with Crippen LogP contribution in [0.3, 0.4) is 0 Å². The van der Waals surface area contributed by atoms with E-state index in [1.807, 2.05) is 0 Å². The fraction of sp³-hybridized carbons (Fsp3) is 0.286. The molecule has 112 valence electrons. The number of alkyl halides is 2. The van der Waals surface area contributed by atoms with Gasteiger partial charge in [-0.1, -0.05) is 0 Å². The van der Waals surface area contributed by atoms with Crippen LogP contribution in [0.25, 0.3) is 11.0 Å². The molecule has 0 unspecified atom stereocenters. The first-order chi connectivity index (χ1) is 9.91. The molecule has 0 atom stereocenters. The maximum Gasteiger partial charge on any atom is 0.382 e. The van der Waals surface area contributed by atoms with Gasteiger partial charge >= 0.3 is 11.9 Å². The lowest BCUT2D eigenvalue weighted by Crippen LogP contribution is -2.33. The third-order valence-electron chi connectivity index (χ3n) is 2.85. The summed E-state index contributed by atoms with van der Waals surface area (Å²) < 4.78 is 42.1. The number of ether oxygens (including phenoxy) is 2. The van der Waals surface area contributed by atoms with Crippen LogP contribution in [0.15, 0.2) is 33.7 Å². The fourth-order valence-electron chi connectivity index (χ4n) is 1.78. The number of hydrogen-bond acceptors (Lipinski definition) is 5. The van der Waals surface area contributed by atoms with Crippen LogP contribution in [0.4, 0.5) is 8.78 Å². The van der Waals surface area contributed by atoms with Gasteiger partial charge in [0, 0.05) is 6.07 Å². The van der Waals surface area contributed by atoms with Crippen LogP contribution in [0.5, 0.6) is 5.75 Å². The number of fused-ring (bicyclic) bond motifs is 1. The lowest BCUT2D eigenvalue weighted by Gasteiger charge is -2.14. The number of rotatable bonds is 4. The zero-order chi connectivity index (χ0) is 15.6. The van der Waals surface area contributed by atoms with Gasteiger partial charge in [-0.05, 0) is 19.1 Å². The molecule has 0 N–H and O–H groups in total. The van der Waals surface area contributed by atoms with Gasteiger partial charge in [0.25, 0.3) is 0 Å². The van der Waals surface area contributed by atoms with E-state index >= 15 is 0 Å². The van der Waals surface area contributed by atoms with Crippen LogP contribution in [0.2, 0.25) is 0 Å². The Kier molecular flexibility index (Phi) is 3.93. The Bertz CT molecular complexity index is 736. The molecule has 0 saturated carbocycles. The van der Waals surface area contributed by atoms with Gasteiger partial charge in [0.1, 0.15) is 23.2 Å². The first-order valence-electron chi connectivity index (χ1n) is 6.07. The molecule has 0 amide bonds. The molecule has 0 saturated heterocycles. The summed E-state index contributed by atoms with van der Waals surface area (Å²) in [5.74, 6) is -5.44. The molecule has 7 heteroatoms. The Hall–Kier alpha value is -2.44. The van der Waals surface area contributed by atoms with E-state index in [1.54, 1.807) is 0 Å². The minimum atomic E-state index is -4.06. The standard InChI is InChI=1S/C14H12F2O5/c1-3-20-13(18)14(15,16)10-7-21-11-6-8(19-2)4-5-9(11)12(10)17/h4-7H,3H2,1-2H3. The summed E-state index contributed by atoms with van der Waals surface area (Å²) in [5.41, 5.74) is -1.96. The van der Waals surface area contributed by atoms with Crippen LogP contribution in [0, 0.1) is 0 Å². The third kappa shape index (κ3) is 2.58. The second kappa shape index (κ2) is 5.51. The Labute approximate surface area is 118 Å². The zero-order valence-electron chi connectivity index (χ0n) is 11.3. The number of halogens is 2. The summed E-state index contributed by atoms with van der Waals surface area (Å²) >= 11 is 0. The maximum absolute atomic E-state index is 13.9. The van der Waals surface area contributed by atoms with E-state index in [0.717, 1.165) is 0 Å². The number of methoxy groups -OCH3 is 1. The first-order valence-corrected chi connectivity index (χ1v) is 6.07. The topological polar surface area (TPSA) is 65.7 Å². The van der Waals surface area contributed by atoms with Gasteiger partial charge in [-0.25, -0.2) is 4.79 Å². The highest BCUT2D eigenvalue weighted by Crippen LogP contribution is 2.29. The van der Waals surface area contributed by atoms with E-state index in [4.69, 9.17) is 9.15 Å². The molecule has 0 bridgehead atoms. The Morgan fingerprint density at radius 3 is 2.71 bits per heavy atom. The summed E-state index contributed by atoms with van der Waals surface area (Å²) in [6.45, 7) is 1.17. The van der Waals surface area contributed by atoms with Gasteiger partial charge in [0.2, 0.25) is 5.43 Å². The molecule has 1 aromatic carbocycles. The second-order valence-electron chi connectivity index (χ2n) is 4.14. The molecule has 2 aromatic rings. The normalized spacial score (nSPS) is 11.4. The zero-order valence-corrected chi connectivity index (χ0v) is 11.3. The summed E-state index contributed by atoms with van der Waals surface area (Å²) in [6.07, 6.45) is 0.570. The third-order valence-corrected chi connectivity index (χ3v) is 2.85. The van der Waals surface area contributed by atoms with Gasteiger partial charge in [-0.2, -0.15) is 8.78 Å². The van der Waals surface area contributed by atoms with E-state index in [-0.39, 0.29) is 17.6 Å². The molecule has 0 fully saturated rings. The minimum Gasteiger partial charge on any atom is -0.497 e. The highest BCUT2D eigenvalue weighted by atomic mass is 19.3. The molecule has 5 nitrogen and oxygen atoms in total. The quantitative estimate of drug-likeness (QED) is 0.811. The van der Waals surface area contributed by atoms with E-state index in [9.17, 15) is 18.4 Å². The molecule has 0 aliphatic rings. The van der Waals surface area contributed by atoms with E-state index < -0.39 is 22.9 Å². The summed E-state index contributed by atoms with van der Waals surface area (Å²) in [6, 6.07) is 4.12. The van der Waals surface area contributed by atoms with Crippen molar-refractivity contribution in [3.8, 4) is 5.75 Å². The summed E-state index contributed by atoms with van der Waals surface area (Å²) in [5, 5.41) is -0.0720. The van der Waals surface area contributed by atoms with Crippen molar-refractivity contribution in [3.63, 3.8) is 0 Å². The van der Waals surface area contributed by atoms with Crippen molar-refractivity contribution < 1.29 is 27.5 Å². The Morgan fingerprint density at radius 2 is 2.10 bits per heavy atom. The van der Waals surface area contributed by atoms with Crippen molar-refractivity contribution in [3.05, 3.63) is 40.2 Å². The largest absolute Gasteiger partial charge is 0.497 e. The molecule has 0 aliphatic carbocycles. The molecule has 1 heterocycles. The van der Waals surface area contributed by atoms with Gasteiger partial charge in [-0.3, -0.25) is 4.79 Å². The van der Waals surface area contributed by atoms with Gasteiger partial charge < -0.3 is 13.9 Å². The van der Waals surface area contributed by atoms with Crippen LogP contribution in [-0.2, 0) is 15.5 Å². The van der Waals surface area contributed by atoms with Crippen molar-refractivity contribution in [2.75, 3.05) is 13.7 Å². The summed E-state index contributed by atoms with van der Waals surface area (Å²) in [4.78, 5) is 23.4. The number of carbonyl (C=O) groups excluding carboxylic acids is 1. The average Bonchev–Trinajstić information content (AvgIpc) is 2.47. The fourth-order valence-corrected chi connectivity index (χ4v) is 1.78. The van der Waals surface area contributed by atoms with Crippen LogP contribution in [0.1, 0.15) is 12.5 Å². The molecule has 1 aromatic heterocycles. The minimum absolute atomic E-state index is 0.0720. The van der Waals surface area contributed by atoms with Crippen LogP contribution < -0.4 is 10.2 Å². The smallest absolute Gasteiger partial charge is 0.382 e. The van der Waals surface area contributed by atoms with Crippen LogP contribution >= 0.6 is 0 Å². The highest BCUT2D eigenvalue weighted by molar-refractivity contribution is 5.83.